The quantitative estimate of drug-likeness (QED) is 0.215. The van der Waals surface area contributed by atoms with Crippen molar-refractivity contribution < 1.29 is 64.5 Å². The SMILES string of the molecule is CC(=O)OC(COC(=O)/C=C\C(=O)OCC(CC(F)(F)F)OC(C)=O)CC(F)(F)F. The van der Waals surface area contributed by atoms with Crippen LogP contribution in [0.3, 0.4) is 0 Å². The first-order valence-electron chi connectivity index (χ1n) is 8.07. The summed E-state index contributed by atoms with van der Waals surface area (Å²) in [5, 5.41) is 0. The van der Waals surface area contributed by atoms with Crippen LogP contribution in [0.2, 0.25) is 0 Å². The van der Waals surface area contributed by atoms with Gasteiger partial charge in [0.2, 0.25) is 0 Å². The second-order valence-corrected chi connectivity index (χ2v) is 5.69. The fourth-order valence-corrected chi connectivity index (χ4v) is 1.84. The Hall–Kier alpha value is -2.80. The van der Waals surface area contributed by atoms with Gasteiger partial charge in [-0.3, -0.25) is 9.59 Å². The fraction of sp³-hybridized carbons (Fsp3) is 0.625. The Labute approximate surface area is 166 Å². The second-order valence-electron chi connectivity index (χ2n) is 5.69. The molecule has 0 rings (SSSR count). The van der Waals surface area contributed by atoms with Crippen molar-refractivity contribution in [1.29, 1.82) is 0 Å². The van der Waals surface area contributed by atoms with Crippen LogP contribution in [0.1, 0.15) is 26.7 Å². The van der Waals surface area contributed by atoms with Crippen LogP contribution in [0.25, 0.3) is 0 Å². The van der Waals surface area contributed by atoms with E-state index in [2.05, 4.69) is 18.9 Å². The minimum atomic E-state index is -4.71. The van der Waals surface area contributed by atoms with Crippen molar-refractivity contribution in [2.75, 3.05) is 13.2 Å². The highest BCUT2D eigenvalue weighted by molar-refractivity contribution is 5.91. The second kappa shape index (κ2) is 12.0. The number of carbonyl (C=O) groups is 4. The van der Waals surface area contributed by atoms with Crippen LogP contribution in [0.5, 0.6) is 0 Å². The molecule has 8 nitrogen and oxygen atoms in total. The molecule has 14 heteroatoms. The number of esters is 4. The van der Waals surface area contributed by atoms with Crippen LogP contribution in [-0.2, 0) is 38.1 Å². The molecule has 0 aliphatic rings. The lowest BCUT2D eigenvalue weighted by Crippen LogP contribution is -2.30. The van der Waals surface area contributed by atoms with E-state index in [1.165, 1.54) is 0 Å². The van der Waals surface area contributed by atoms with Gasteiger partial charge in [0, 0.05) is 26.0 Å². The number of ether oxygens (including phenoxy) is 4. The minimum Gasteiger partial charge on any atom is -0.459 e. The molecule has 0 fully saturated rings. The first-order chi connectivity index (χ1) is 13.6. The lowest BCUT2D eigenvalue weighted by atomic mass is 10.2. The Morgan fingerprint density at radius 2 is 1.00 bits per heavy atom. The molecular weight excluding hydrogens is 434 g/mol. The summed E-state index contributed by atoms with van der Waals surface area (Å²) in [4.78, 5) is 44.4. The van der Waals surface area contributed by atoms with Crippen molar-refractivity contribution in [3.8, 4) is 0 Å². The first kappa shape index (κ1) is 27.2. The van der Waals surface area contributed by atoms with Crippen molar-refractivity contribution in [2.45, 2.75) is 51.2 Å². The molecule has 0 aliphatic carbocycles. The van der Waals surface area contributed by atoms with Crippen LogP contribution in [-0.4, -0.2) is 61.7 Å². The summed E-state index contributed by atoms with van der Waals surface area (Å²) < 4.78 is 91.7. The molecule has 0 aromatic heterocycles. The monoisotopic (exact) mass is 452 g/mol. The third kappa shape index (κ3) is 16.2. The Kier molecular flexibility index (Phi) is 10.9. The van der Waals surface area contributed by atoms with Gasteiger partial charge >= 0.3 is 36.2 Å². The van der Waals surface area contributed by atoms with Gasteiger partial charge in [0.25, 0.3) is 0 Å². The lowest BCUT2D eigenvalue weighted by Gasteiger charge is -2.18. The van der Waals surface area contributed by atoms with E-state index in [0.29, 0.717) is 12.2 Å². The molecule has 0 heterocycles. The standard InChI is InChI=1S/C16H18F6O8/c1-9(23)29-11(5-15(17,18)19)7-27-13(25)3-4-14(26)28-8-12(30-10(2)24)6-16(20,21)22/h3-4,11-12H,5-8H2,1-2H3/b4-3-. The van der Waals surface area contributed by atoms with Crippen LogP contribution < -0.4 is 0 Å². The topological polar surface area (TPSA) is 105 Å². The van der Waals surface area contributed by atoms with Crippen molar-refractivity contribution in [3.63, 3.8) is 0 Å². The summed E-state index contributed by atoms with van der Waals surface area (Å²) in [6.07, 6.45) is -15.3. The minimum absolute atomic E-state index is 0.436. The van der Waals surface area contributed by atoms with Gasteiger partial charge in [0.05, 0.1) is 12.8 Å². The summed E-state index contributed by atoms with van der Waals surface area (Å²) in [5.74, 6) is -4.70. The highest BCUT2D eigenvalue weighted by atomic mass is 19.4. The molecule has 0 saturated heterocycles. The molecule has 172 valence electrons. The molecule has 0 radical (unpaired) electrons. The van der Waals surface area contributed by atoms with Crippen LogP contribution in [0.4, 0.5) is 26.3 Å². The van der Waals surface area contributed by atoms with E-state index in [4.69, 9.17) is 0 Å². The zero-order chi connectivity index (χ0) is 23.5. The summed E-state index contributed by atoms with van der Waals surface area (Å²) in [6.45, 7) is -0.221. The molecule has 0 N–H and O–H groups in total. The summed E-state index contributed by atoms with van der Waals surface area (Å²) in [7, 11) is 0. The van der Waals surface area contributed by atoms with E-state index in [1.54, 1.807) is 0 Å². The number of rotatable bonds is 10. The third-order valence-corrected chi connectivity index (χ3v) is 2.76. The molecular formula is C16H18F6O8. The molecule has 0 spiro atoms. The zero-order valence-corrected chi connectivity index (χ0v) is 15.7. The third-order valence-electron chi connectivity index (χ3n) is 2.76. The van der Waals surface area contributed by atoms with Gasteiger partial charge in [-0.2, -0.15) is 26.3 Å². The summed E-state index contributed by atoms with van der Waals surface area (Å²) >= 11 is 0. The smallest absolute Gasteiger partial charge is 0.392 e. The maximum absolute atomic E-state index is 12.4. The van der Waals surface area contributed by atoms with Gasteiger partial charge in [-0.15, -0.1) is 0 Å². The lowest BCUT2D eigenvalue weighted by molar-refractivity contribution is -0.181. The zero-order valence-electron chi connectivity index (χ0n) is 15.7. The summed E-state index contributed by atoms with van der Waals surface area (Å²) in [5.41, 5.74) is 0. The molecule has 0 amide bonds. The van der Waals surface area contributed by atoms with Crippen molar-refractivity contribution in [3.05, 3.63) is 12.2 Å². The van der Waals surface area contributed by atoms with Crippen molar-refractivity contribution in [1.82, 2.24) is 0 Å². The van der Waals surface area contributed by atoms with E-state index >= 15 is 0 Å². The number of hydrogen-bond acceptors (Lipinski definition) is 8. The first-order valence-corrected chi connectivity index (χ1v) is 8.07. The summed E-state index contributed by atoms with van der Waals surface area (Å²) in [6, 6.07) is 0. The highest BCUT2D eigenvalue weighted by Crippen LogP contribution is 2.24. The predicted octanol–water partition coefficient (Wildman–Crippen LogP) is 2.40. The Bertz CT molecular complexity index is 587. The largest absolute Gasteiger partial charge is 0.459 e. The van der Waals surface area contributed by atoms with E-state index in [0.717, 1.165) is 13.8 Å². The van der Waals surface area contributed by atoms with Crippen LogP contribution in [0.15, 0.2) is 12.2 Å². The molecule has 30 heavy (non-hydrogen) atoms. The average Bonchev–Trinajstić information content (AvgIpc) is 2.51. The van der Waals surface area contributed by atoms with Gasteiger partial charge in [0.1, 0.15) is 25.4 Å². The predicted molar refractivity (Wildman–Crippen MR) is 83.5 cm³/mol. The van der Waals surface area contributed by atoms with Crippen molar-refractivity contribution >= 4 is 23.9 Å². The number of carbonyl (C=O) groups excluding carboxylic acids is 4. The average molecular weight is 452 g/mol. The number of halogens is 6. The molecule has 0 saturated carbocycles. The van der Waals surface area contributed by atoms with Crippen molar-refractivity contribution in [2.24, 2.45) is 0 Å². The molecule has 0 aliphatic heterocycles. The Morgan fingerprint density at radius 1 is 0.700 bits per heavy atom. The van der Waals surface area contributed by atoms with E-state index in [9.17, 15) is 45.5 Å². The molecule has 0 aromatic carbocycles. The maximum Gasteiger partial charge on any atom is 0.392 e. The molecule has 2 unspecified atom stereocenters. The van der Waals surface area contributed by atoms with Crippen LogP contribution in [0, 0.1) is 0 Å². The van der Waals surface area contributed by atoms with E-state index in [1.807, 2.05) is 0 Å². The van der Waals surface area contributed by atoms with Gasteiger partial charge in [-0.05, 0) is 0 Å². The van der Waals surface area contributed by atoms with Gasteiger partial charge in [-0.1, -0.05) is 0 Å². The highest BCUT2D eigenvalue weighted by Gasteiger charge is 2.35. The normalized spacial score (nSPS) is 14.0. The molecule has 0 aromatic rings. The van der Waals surface area contributed by atoms with Gasteiger partial charge in [-0.25, -0.2) is 9.59 Å². The van der Waals surface area contributed by atoms with E-state index in [-0.39, 0.29) is 0 Å². The van der Waals surface area contributed by atoms with Gasteiger partial charge in [0.15, 0.2) is 0 Å². The Balaban J connectivity index is 4.61. The van der Waals surface area contributed by atoms with Crippen LogP contribution >= 0.6 is 0 Å². The van der Waals surface area contributed by atoms with E-state index < -0.39 is 74.5 Å². The molecule has 2 atom stereocenters. The number of alkyl halides is 6. The number of hydrogen-bond donors (Lipinski definition) is 0. The Morgan fingerprint density at radius 3 is 1.23 bits per heavy atom. The fourth-order valence-electron chi connectivity index (χ4n) is 1.84. The maximum atomic E-state index is 12.4. The molecule has 0 bridgehead atoms. The van der Waals surface area contributed by atoms with Gasteiger partial charge < -0.3 is 18.9 Å².